The molecule has 1 aliphatic heterocycles. The van der Waals surface area contributed by atoms with Crippen molar-refractivity contribution in [2.24, 2.45) is 0 Å². The van der Waals surface area contributed by atoms with Crippen LogP contribution in [-0.2, 0) is 0 Å². The fourth-order valence-corrected chi connectivity index (χ4v) is 2.03. The van der Waals surface area contributed by atoms with Crippen LogP contribution in [0.25, 0.3) is 0 Å². The molecule has 0 spiro atoms. The van der Waals surface area contributed by atoms with Gasteiger partial charge in [-0.15, -0.1) is 0 Å². The smallest absolute Gasteiger partial charge is 0.265 e. The molecule has 1 aromatic rings. The summed E-state index contributed by atoms with van der Waals surface area (Å²) in [5, 5.41) is 11.3. The summed E-state index contributed by atoms with van der Waals surface area (Å²) in [5.41, 5.74) is 14.5. The molecule has 1 aliphatic rings. The molecule has 6 N–H and O–H groups in total. The third-order valence-electron chi connectivity index (χ3n) is 3.05. The van der Waals surface area contributed by atoms with Gasteiger partial charge in [0.05, 0.1) is 11.4 Å². The number of hydrogen-bond donors (Lipinski definition) is 4. The highest BCUT2D eigenvalue weighted by Gasteiger charge is 2.16. The molecule has 2 rings (SSSR count). The minimum atomic E-state index is -0.254. The number of hydrogen-bond acceptors (Lipinski definition) is 5. The summed E-state index contributed by atoms with van der Waals surface area (Å²) >= 11 is 0. The number of carbonyl (C=O) groups is 1. The number of phenols is 1. The van der Waals surface area contributed by atoms with Gasteiger partial charge in [-0.05, 0) is 25.0 Å². The highest BCUT2D eigenvalue weighted by molar-refractivity contribution is 5.96. The highest BCUT2D eigenvalue weighted by atomic mass is 16.3. The number of nitrogens with two attached hydrogens (primary N) is 2. The number of nitrogens with zero attached hydrogens (tertiary/aromatic N) is 1. The van der Waals surface area contributed by atoms with Gasteiger partial charge in [0, 0.05) is 18.7 Å². The Labute approximate surface area is 106 Å². The fourth-order valence-electron chi connectivity index (χ4n) is 2.03. The van der Waals surface area contributed by atoms with Gasteiger partial charge < -0.3 is 16.6 Å². The van der Waals surface area contributed by atoms with Crippen LogP contribution in [0.1, 0.15) is 29.6 Å². The molecule has 0 bridgehead atoms. The van der Waals surface area contributed by atoms with Gasteiger partial charge in [-0.3, -0.25) is 10.2 Å². The molecule has 0 radical (unpaired) electrons. The predicted molar refractivity (Wildman–Crippen MR) is 69.8 cm³/mol. The number of nitrogens with one attached hydrogen (secondary N) is 1. The molecular formula is C12H18N4O2. The van der Waals surface area contributed by atoms with Gasteiger partial charge in [-0.2, -0.15) is 0 Å². The number of piperidine rings is 1. The zero-order chi connectivity index (χ0) is 13.1. The maximum atomic E-state index is 12.0. The normalized spacial score (nSPS) is 16.4. The number of phenolic OH excluding ortho intramolecular Hbond substituents is 1. The lowest BCUT2D eigenvalue weighted by atomic mass is 10.1. The zero-order valence-electron chi connectivity index (χ0n) is 10.1. The molecule has 0 aromatic heterocycles. The Hall–Kier alpha value is -1.95. The summed E-state index contributed by atoms with van der Waals surface area (Å²) in [6, 6.07) is 2.84. The lowest BCUT2D eigenvalue weighted by Gasteiger charge is -2.26. The lowest BCUT2D eigenvalue weighted by molar-refractivity contribution is 0.0750. The Morgan fingerprint density at radius 3 is 2.28 bits per heavy atom. The molecule has 0 aliphatic carbocycles. The summed E-state index contributed by atoms with van der Waals surface area (Å²) in [5.74, 6) is -0.431. The first-order valence-electron chi connectivity index (χ1n) is 6.02. The van der Waals surface area contributed by atoms with Gasteiger partial charge in [-0.1, -0.05) is 6.42 Å². The quantitative estimate of drug-likeness (QED) is 0.456. The fraction of sp³-hybridized carbons (Fsp3) is 0.417. The minimum Gasteiger partial charge on any atom is -0.504 e. The van der Waals surface area contributed by atoms with E-state index in [1.165, 1.54) is 18.6 Å². The van der Waals surface area contributed by atoms with Crippen molar-refractivity contribution in [2.75, 3.05) is 24.6 Å². The van der Waals surface area contributed by atoms with Crippen LogP contribution < -0.4 is 16.9 Å². The Bertz CT molecular complexity index is 432. The molecule has 6 heteroatoms. The first-order valence-corrected chi connectivity index (χ1v) is 6.02. The van der Waals surface area contributed by atoms with Gasteiger partial charge >= 0.3 is 0 Å². The molecule has 1 amide bonds. The van der Waals surface area contributed by atoms with Crippen molar-refractivity contribution < 1.29 is 9.90 Å². The third kappa shape index (κ3) is 2.65. The summed E-state index contributed by atoms with van der Waals surface area (Å²) in [4.78, 5) is 12.0. The SMILES string of the molecule is Nc1cc(C(=O)NN2CCCCC2)cc(N)c1O. The van der Waals surface area contributed by atoms with Crippen molar-refractivity contribution in [3.05, 3.63) is 17.7 Å². The molecule has 1 saturated heterocycles. The highest BCUT2D eigenvalue weighted by Crippen LogP contribution is 2.28. The van der Waals surface area contributed by atoms with E-state index in [0.29, 0.717) is 5.56 Å². The number of nitrogen functional groups attached to an aromatic ring is 2. The van der Waals surface area contributed by atoms with Crippen molar-refractivity contribution in [1.82, 2.24) is 10.4 Å². The van der Waals surface area contributed by atoms with Gasteiger partial charge in [0.1, 0.15) is 0 Å². The minimum absolute atomic E-state index is 0.110. The third-order valence-corrected chi connectivity index (χ3v) is 3.05. The Balaban J connectivity index is 2.08. The molecule has 0 saturated carbocycles. The lowest BCUT2D eigenvalue weighted by Crippen LogP contribution is -2.45. The van der Waals surface area contributed by atoms with Gasteiger partial charge in [0.2, 0.25) is 0 Å². The van der Waals surface area contributed by atoms with Crippen LogP contribution in [0.2, 0.25) is 0 Å². The average molecular weight is 250 g/mol. The van der Waals surface area contributed by atoms with Crippen LogP contribution in [0.4, 0.5) is 11.4 Å². The van der Waals surface area contributed by atoms with E-state index in [2.05, 4.69) is 5.43 Å². The topological polar surface area (TPSA) is 105 Å². The van der Waals surface area contributed by atoms with E-state index in [1.807, 2.05) is 5.01 Å². The largest absolute Gasteiger partial charge is 0.504 e. The van der Waals surface area contributed by atoms with E-state index in [0.717, 1.165) is 25.9 Å². The molecule has 1 aromatic carbocycles. The number of rotatable bonds is 2. The number of anilines is 2. The van der Waals surface area contributed by atoms with E-state index >= 15 is 0 Å². The number of hydrazine groups is 1. The van der Waals surface area contributed by atoms with E-state index in [1.54, 1.807) is 0 Å². The molecule has 98 valence electrons. The number of amides is 1. The van der Waals surface area contributed by atoms with Gasteiger partial charge in [0.15, 0.2) is 5.75 Å². The molecule has 6 nitrogen and oxygen atoms in total. The Morgan fingerprint density at radius 2 is 1.72 bits per heavy atom. The van der Waals surface area contributed by atoms with E-state index in [4.69, 9.17) is 11.5 Å². The maximum absolute atomic E-state index is 12.0. The summed E-state index contributed by atoms with van der Waals surface area (Å²) in [6.07, 6.45) is 3.37. The summed E-state index contributed by atoms with van der Waals surface area (Å²) in [7, 11) is 0. The number of benzene rings is 1. The van der Waals surface area contributed by atoms with E-state index in [-0.39, 0.29) is 23.0 Å². The molecule has 1 fully saturated rings. The van der Waals surface area contributed by atoms with Crippen LogP contribution in [0.15, 0.2) is 12.1 Å². The number of aromatic hydroxyl groups is 1. The van der Waals surface area contributed by atoms with Crippen molar-refractivity contribution in [1.29, 1.82) is 0 Å². The number of carbonyl (C=O) groups excluding carboxylic acids is 1. The Morgan fingerprint density at radius 1 is 1.17 bits per heavy atom. The second-order valence-electron chi connectivity index (χ2n) is 4.49. The maximum Gasteiger partial charge on any atom is 0.265 e. The molecular weight excluding hydrogens is 232 g/mol. The monoisotopic (exact) mass is 250 g/mol. The summed E-state index contributed by atoms with van der Waals surface area (Å²) in [6.45, 7) is 1.71. The Kier molecular flexibility index (Phi) is 3.57. The zero-order valence-corrected chi connectivity index (χ0v) is 10.1. The standard InChI is InChI=1S/C12H18N4O2/c13-9-6-8(7-10(14)11(9)17)12(18)15-16-4-2-1-3-5-16/h6-7,17H,1-5,13-14H2,(H,15,18). The van der Waals surface area contributed by atoms with Crippen LogP contribution in [0.3, 0.4) is 0 Å². The second kappa shape index (κ2) is 5.14. The predicted octanol–water partition coefficient (Wildman–Crippen LogP) is 0.687. The van der Waals surface area contributed by atoms with E-state index in [9.17, 15) is 9.90 Å². The van der Waals surface area contributed by atoms with Crippen LogP contribution >= 0.6 is 0 Å². The molecule has 1 heterocycles. The first-order chi connectivity index (χ1) is 8.58. The first kappa shape index (κ1) is 12.5. The average Bonchev–Trinajstić information content (AvgIpc) is 2.36. The van der Waals surface area contributed by atoms with Crippen molar-refractivity contribution >= 4 is 17.3 Å². The molecule has 0 unspecified atom stereocenters. The van der Waals surface area contributed by atoms with Crippen LogP contribution in [-0.4, -0.2) is 29.1 Å². The van der Waals surface area contributed by atoms with Gasteiger partial charge in [-0.25, -0.2) is 5.01 Å². The van der Waals surface area contributed by atoms with Crippen molar-refractivity contribution in [3.63, 3.8) is 0 Å². The molecule has 0 atom stereocenters. The summed E-state index contributed by atoms with van der Waals surface area (Å²) < 4.78 is 0. The second-order valence-corrected chi connectivity index (χ2v) is 4.49. The van der Waals surface area contributed by atoms with Crippen molar-refractivity contribution in [3.8, 4) is 5.75 Å². The van der Waals surface area contributed by atoms with Crippen LogP contribution in [0, 0.1) is 0 Å². The molecule has 18 heavy (non-hydrogen) atoms. The van der Waals surface area contributed by atoms with Gasteiger partial charge in [0.25, 0.3) is 5.91 Å². The van der Waals surface area contributed by atoms with E-state index < -0.39 is 0 Å². The van der Waals surface area contributed by atoms with Crippen LogP contribution in [0.5, 0.6) is 5.75 Å². The van der Waals surface area contributed by atoms with Crippen molar-refractivity contribution in [2.45, 2.75) is 19.3 Å².